The molecule has 28 heavy (non-hydrogen) atoms. The molecule has 0 radical (unpaired) electrons. The molecule has 1 aromatic rings. The minimum atomic E-state index is -0.381. The summed E-state index contributed by atoms with van der Waals surface area (Å²) in [7, 11) is 0. The van der Waals surface area contributed by atoms with E-state index in [-0.39, 0.29) is 29.2 Å². The van der Waals surface area contributed by atoms with Gasteiger partial charge in [-0.25, -0.2) is 0 Å². The van der Waals surface area contributed by atoms with Gasteiger partial charge in [0.15, 0.2) is 0 Å². The molecule has 1 atom stereocenters. The quantitative estimate of drug-likeness (QED) is 0.724. The van der Waals surface area contributed by atoms with E-state index in [9.17, 15) is 14.4 Å². The molecule has 3 amide bonds. The van der Waals surface area contributed by atoms with Crippen molar-refractivity contribution in [1.82, 2.24) is 9.80 Å². The highest BCUT2D eigenvalue weighted by molar-refractivity contribution is 6.30. The van der Waals surface area contributed by atoms with Crippen LogP contribution in [0, 0.1) is 0 Å². The second kappa shape index (κ2) is 7.07. The Kier molecular flexibility index (Phi) is 4.86. The lowest BCUT2D eigenvalue weighted by Crippen LogP contribution is -2.50. The maximum Gasteiger partial charge on any atom is 0.249 e. The number of nitrogens with zero attached hydrogens (tertiary/aromatic N) is 3. The molecule has 7 heteroatoms. The molecule has 1 aromatic carbocycles. The van der Waals surface area contributed by atoms with E-state index < -0.39 is 0 Å². The highest BCUT2D eigenvalue weighted by Crippen LogP contribution is 2.48. The van der Waals surface area contributed by atoms with Crippen LogP contribution in [0.4, 0.5) is 5.69 Å². The van der Waals surface area contributed by atoms with Gasteiger partial charge in [-0.1, -0.05) is 11.6 Å². The number of anilines is 1. The number of piperidine rings is 1. The number of carbonyl (C=O) groups is 3. The van der Waals surface area contributed by atoms with Crippen molar-refractivity contribution < 1.29 is 14.4 Å². The Bertz CT molecular complexity index is 832. The first kappa shape index (κ1) is 19.2. The SMILES string of the molecule is CC(=O)N1CCC2(CC1)CN(C(=O)C1CCCN1C(C)=O)c1ccc(Cl)cc12. The van der Waals surface area contributed by atoms with Gasteiger partial charge >= 0.3 is 0 Å². The van der Waals surface area contributed by atoms with Gasteiger partial charge in [0.05, 0.1) is 0 Å². The van der Waals surface area contributed by atoms with E-state index in [1.807, 2.05) is 28.0 Å². The van der Waals surface area contributed by atoms with Crippen LogP contribution in [0.15, 0.2) is 18.2 Å². The van der Waals surface area contributed by atoms with Gasteiger partial charge in [-0.3, -0.25) is 14.4 Å². The fourth-order valence-corrected chi connectivity index (χ4v) is 5.27. The Labute approximate surface area is 170 Å². The second-order valence-electron chi connectivity index (χ2n) is 8.24. The zero-order valence-electron chi connectivity index (χ0n) is 16.4. The molecule has 0 N–H and O–H groups in total. The van der Waals surface area contributed by atoms with Crippen LogP contribution in [0.3, 0.4) is 0 Å². The summed E-state index contributed by atoms with van der Waals surface area (Å²) >= 11 is 6.30. The lowest BCUT2D eigenvalue weighted by Gasteiger charge is -2.39. The third-order valence-electron chi connectivity index (χ3n) is 6.66. The number of benzene rings is 1. The largest absolute Gasteiger partial charge is 0.343 e. The minimum absolute atomic E-state index is 0.00199. The normalized spacial score (nSPS) is 23.2. The Morgan fingerprint density at radius 2 is 1.79 bits per heavy atom. The van der Waals surface area contributed by atoms with Gasteiger partial charge in [0.2, 0.25) is 17.7 Å². The molecule has 0 aromatic heterocycles. The van der Waals surface area contributed by atoms with Gasteiger partial charge in [-0.15, -0.1) is 0 Å². The molecule has 3 heterocycles. The maximum absolute atomic E-state index is 13.4. The molecule has 150 valence electrons. The number of hydrogen-bond acceptors (Lipinski definition) is 3. The van der Waals surface area contributed by atoms with Crippen molar-refractivity contribution in [2.45, 2.75) is 51.0 Å². The van der Waals surface area contributed by atoms with Gasteiger partial charge in [0.1, 0.15) is 6.04 Å². The van der Waals surface area contributed by atoms with E-state index in [1.54, 1.807) is 11.8 Å². The van der Waals surface area contributed by atoms with Crippen molar-refractivity contribution in [3.8, 4) is 0 Å². The first-order valence-electron chi connectivity index (χ1n) is 9.96. The molecule has 0 saturated carbocycles. The van der Waals surface area contributed by atoms with E-state index in [0.29, 0.717) is 37.6 Å². The lowest BCUT2D eigenvalue weighted by atomic mass is 9.74. The Balaban J connectivity index is 1.65. The van der Waals surface area contributed by atoms with Gasteiger partial charge in [0, 0.05) is 56.2 Å². The molecule has 1 spiro atoms. The van der Waals surface area contributed by atoms with Crippen LogP contribution in [0.2, 0.25) is 5.02 Å². The summed E-state index contributed by atoms with van der Waals surface area (Å²) in [5.74, 6) is 0.0492. The van der Waals surface area contributed by atoms with Crippen molar-refractivity contribution >= 4 is 35.0 Å². The Hall–Kier alpha value is -2.08. The molecule has 2 saturated heterocycles. The van der Waals surface area contributed by atoms with Crippen molar-refractivity contribution in [3.63, 3.8) is 0 Å². The highest BCUT2D eigenvalue weighted by Gasteiger charge is 2.48. The van der Waals surface area contributed by atoms with Crippen LogP contribution < -0.4 is 4.90 Å². The molecular weight excluding hydrogens is 378 g/mol. The molecule has 2 fully saturated rings. The molecule has 3 aliphatic heterocycles. The van der Waals surface area contributed by atoms with E-state index >= 15 is 0 Å². The number of rotatable bonds is 1. The fourth-order valence-electron chi connectivity index (χ4n) is 5.10. The van der Waals surface area contributed by atoms with Crippen molar-refractivity contribution in [2.75, 3.05) is 31.1 Å². The van der Waals surface area contributed by atoms with Crippen LogP contribution in [0.25, 0.3) is 0 Å². The van der Waals surface area contributed by atoms with Crippen LogP contribution >= 0.6 is 11.6 Å². The standard InChI is InChI=1S/C21H26ClN3O3/c1-14(26)23-10-7-21(8-11-23)13-25(18-6-5-16(22)12-17(18)21)20(28)19-4-3-9-24(19)15(2)27/h5-6,12,19H,3-4,7-11,13H2,1-2H3. The second-order valence-corrected chi connectivity index (χ2v) is 8.68. The minimum Gasteiger partial charge on any atom is -0.343 e. The van der Waals surface area contributed by atoms with E-state index in [0.717, 1.165) is 30.5 Å². The maximum atomic E-state index is 13.4. The van der Waals surface area contributed by atoms with Gasteiger partial charge < -0.3 is 14.7 Å². The number of carbonyl (C=O) groups excluding carboxylic acids is 3. The average molecular weight is 404 g/mol. The number of halogens is 1. The molecular formula is C21H26ClN3O3. The van der Waals surface area contributed by atoms with Gasteiger partial charge in [-0.2, -0.15) is 0 Å². The zero-order chi connectivity index (χ0) is 20.1. The van der Waals surface area contributed by atoms with E-state index in [4.69, 9.17) is 11.6 Å². The van der Waals surface area contributed by atoms with E-state index in [2.05, 4.69) is 0 Å². The zero-order valence-corrected chi connectivity index (χ0v) is 17.2. The summed E-state index contributed by atoms with van der Waals surface area (Å²) in [4.78, 5) is 42.6. The van der Waals surface area contributed by atoms with Crippen LogP contribution in [-0.2, 0) is 19.8 Å². The van der Waals surface area contributed by atoms with Gasteiger partial charge in [0.25, 0.3) is 0 Å². The third kappa shape index (κ3) is 3.08. The van der Waals surface area contributed by atoms with Crippen LogP contribution in [-0.4, -0.2) is 59.7 Å². The number of hydrogen-bond donors (Lipinski definition) is 0. The summed E-state index contributed by atoms with van der Waals surface area (Å²) < 4.78 is 0. The highest BCUT2D eigenvalue weighted by atomic mass is 35.5. The average Bonchev–Trinajstić information content (AvgIpc) is 3.26. The summed E-state index contributed by atoms with van der Waals surface area (Å²) in [5.41, 5.74) is 1.83. The predicted molar refractivity (Wildman–Crippen MR) is 107 cm³/mol. The molecule has 0 aliphatic carbocycles. The summed E-state index contributed by atoms with van der Waals surface area (Å²) in [6.07, 6.45) is 3.19. The number of amides is 3. The van der Waals surface area contributed by atoms with E-state index in [1.165, 1.54) is 6.92 Å². The monoisotopic (exact) mass is 403 g/mol. The first-order valence-corrected chi connectivity index (χ1v) is 10.3. The van der Waals surface area contributed by atoms with Crippen molar-refractivity contribution in [1.29, 1.82) is 0 Å². The predicted octanol–water partition coefficient (Wildman–Crippen LogP) is 2.58. The van der Waals surface area contributed by atoms with Gasteiger partial charge in [-0.05, 0) is 49.4 Å². The molecule has 0 bridgehead atoms. The number of likely N-dealkylation sites (tertiary alicyclic amines) is 2. The van der Waals surface area contributed by atoms with Crippen LogP contribution in [0.5, 0.6) is 0 Å². The fraction of sp³-hybridized carbons (Fsp3) is 0.571. The Morgan fingerprint density at radius 3 is 2.43 bits per heavy atom. The van der Waals surface area contributed by atoms with Crippen molar-refractivity contribution in [3.05, 3.63) is 28.8 Å². The Morgan fingerprint density at radius 1 is 1.07 bits per heavy atom. The summed E-state index contributed by atoms with van der Waals surface area (Å²) in [6, 6.07) is 5.34. The first-order chi connectivity index (χ1) is 13.3. The van der Waals surface area contributed by atoms with Crippen LogP contribution in [0.1, 0.15) is 45.1 Å². The topological polar surface area (TPSA) is 60.9 Å². The summed E-state index contributed by atoms with van der Waals surface area (Å²) in [5, 5.41) is 0.660. The summed E-state index contributed by atoms with van der Waals surface area (Å²) in [6.45, 7) is 5.74. The third-order valence-corrected chi connectivity index (χ3v) is 6.89. The lowest BCUT2D eigenvalue weighted by molar-refractivity contribution is -0.135. The number of fused-ring (bicyclic) bond motifs is 2. The smallest absolute Gasteiger partial charge is 0.249 e. The molecule has 4 rings (SSSR count). The molecule has 6 nitrogen and oxygen atoms in total. The molecule has 1 unspecified atom stereocenters. The van der Waals surface area contributed by atoms with Crippen molar-refractivity contribution in [2.24, 2.45) is 0 Å². The molecule has 3 aliphatic rings.